The van der Waals surface area contributed by atoms with E-state index in [0.717, 1.165) is 22.7 Å². The highest BCUT2D eigenvalue weighted by Gasteiger charge is 2.00. The fraction of sp³-hybridized carbons (Fsp3) is 0.500. The highest BCUT2D eigenvalue weighted by molar-refractivity contribution is 9.10. The summed E-state index contributed by atoms with van der Waals surface area (Å²) in [7, 11) is 0. The predicted octanol–water partition coefficient (Wildman–Crippen LogP) is 3.13. The van der Waals surface area contributed by atoms with Crippen LogP contribution in [0.3, 0.4) is 0 Å². The Morgan fingerprint density at radius 3 is 2.80 bits per heavy atom. The quantitative estimate of drug-likeness (QED) is 0.836. The van der Waals surface area contributed by atoms with Gasteiger partial charge < -0.3 is 10.6 Å². The summed E-state index contributed by atoms with van der Waals surface area (Å²) in [6, 6.07) is 2.10. The number of rotatable bonds is 4. The number of thiophene rings is 1. The molecule has 2 nitrogen and oxygen atoms in total. The van der Waals surface area contributed by atoms with E-state index in [1.807, 2.05) is 0 Å². The molecule has 0 saturated carbocycles. The Hall–Kier alpha value is -0.130. The van der Waals surface area contributed by atoms with Crippen LogP contribution in [0.1, 0.15) is 18.7 Å². The van der Waals surface area contributed by atoms with E-state index in [0.29, 0.717) is 5.92 Å². The average molecular weight is 307 g/mol. The lowest BCUT2D eigenvalue weighted by Crippen LogP contribution is -2.36. The zero-order valence-corrected chi connectivity index (χ0v) is 12.1. The third-order valence-electron chi connectivity index (χ3n) is 1.72. The van der Waals surface area contributed by atoms with Crippen molar-refractivity contribution in [1.82, 2.24) is 10.6 Å². The van der Waals surface area contributed by atoms with Gasteiger partial charge in [-0.3, -0.25) is 0 Å². The summed E-state index contributed by atoms with van der Waals surface area (Å²) < 4.78 is 1.13. The van der Waals surface area contributed by atoms with E-state index in [9.17, 15) is 0 Å². The van der Waals surface area contributed by atoms with E-state index in [2.05, 4.69) is 51.9 Å². The van der Waals surface area contributed by atoms with Gasteiger partial charge in [0.1, 0.15) is 0 Å². The lowest BCUT2D eigenvalue weighted by molar-refractivity contribution is 0.619. The molecule has 0 unspecified atom stereocenters. The molecule has 1 rings (SSSR count). The molecule has 0 amide bonds. The van der Waals surface area contributed by atoms with Gasteiger partial charge in [-0.05, 0) is 40.1 Å². The normalized spacial score (nSPS) is 10.4. The largest absolute Gasteiger partial charge is 0.362 e. The number of nitrogens with one attached hydrogen (secondary N) is 2. The standard InChI is InChI=1S/C10H15BrN2S2/c1-7(2)4-12-10(14)13-5-9-3-8(11)6-15-9/h3,6-7H,4-5H2,1-2H3,(H2,12,13,14). The summed E-state index contributed by atoms with van der Waals surface area (Å²) >= 11 is 10.3. The summed E-state index contributed by atoms with van der Waals surface area (Å²) in [4.78, 5) is 1.27. The third kappa shape index (κ3) is 5.49. The van der Waals surface area contributed by atoms with Gasteiger partial charge in [0.15, 0.2) is 5.11 Å². The molecule has 15 heavy (non-hydrogen) atoms. The smallest absolute Gasteiger partial charge is 0.166 e. The summed E-state index contributed by atoms with van der Waals surface area (Å²) in [5, 5.41) is 9.15. The van der Waals surface area contributed by atoms with Gasteiger partial charge >= 0.3 is 0 Å². The van der Waals surface area contributed by atoms with Crippen molar-refractivity contribution in [3.63, 3.8) is 0 Å². The second kappa shape index (κ2) is 6.45. The van der Waals surface area contributed by atoms with Crippen molar-refractivity contribution >= 4 is 44.6 Å². The average Bonchev–Trinajstić information content (AvgIpc) is 2.58. The minimum Gasteiger partial charge on any atom is -0.362 e. The van der Waals surface area contributed by atoms with Crippen molar-refractivity contribution in [1.29, 1.82) is 0 Å². The third-order valence-corrected chi connectivity index (χ3v) is 3.70. The SMILES string of the molecule is CC(C)CNC(=S)NCc1cc(Br)cs1. The van der Waals surface area contributed by atoms with Crippen molar-refractivity contribution in [3.05, 3.63) is 20.8 Å². The van der Waals surface area contributed by atoms with Crippen molar-refractivity contribution < 1.29 is 0 Å². The summed E-state index contributed by atoms with van der Waals surface area (Å²) in [6.07, 6.45) is 0. The van der Waals surface area contributed by atoms with Crippen LogP contribution in [-0.2, 0) is 6.54 Å². The zero-order valence-electron chi connectivity index (χ0n) is 8.84. The molecule has 1 aromatic heterocycles. The Bertz CT molecular complexity index is 323. The highest BCUT2D eigenvalue weighted by atomic mass is 79.9. The number of hydrogen-bond donors (Lipinski definition) is 2. The van der Waals surface area contributed by atoms with Gasteiger partial charge in [-0.15, -0.1) is 11.3 Å². The number of thiocarbonyl (C=S) groups is 1. The Morgan fingerprint density at radius 2 is 2.27 bits per heavy atom. The molecular formula is C10H15BrN2S2. The van der Waals surface area contributed by atoms with Crippen LogP contribution >= 0.6 is 39.5 Å². The van der Waals surface area contributed by atoms with E-state index in [1.165, 1.54) is 4.88 Å². The van der Waals surface area contributed by atoms with Gasteiger partial charge in [0, 0.05) is 21.3 Å². The topological polar surface area (TPSA) is 24.1 Å². The highest BCUT2D eigenvalue weighted by Crippen LogP contribution is 2.19. The van der Waals surface area contributed by atoms with E-state index >= 15 is 0 Å². The second-order valence-corrected chi connectivity index (χ2v) is 6.01. The second-order valence-electron chi connectivity index (χ2n) is 3.69. The van der Waals surface area contributed by atoms with E-state index in [1.54, 1.807) is 11.3 Å². The van der Waals surface area contributed by atoms with Gasteiger partial charge in [-0.2, -0.15) is 0 Å². The van der Waals surface area contributed by atoms with E-state index in [-0.39, 0.29) is 0 Å². The van der Waals surface area contributed by atoms with Crippen LogP contribution in [0.2, 0.25) is 0 Å². The van der Waals surface area contributed by atoms with Crippen molar-refractivity contribution in [3.8, 4) is 0 Å². The summed E-state index contributed by atoms with van der Waals surface area (Å²) in [6.45, 7) is 6.03. The van der Waals surface area contributed by atoms with Crippen molar-refractivity contribution in [2.45, 2.75) is 20.4 Å². The molecule has 0 aliphatic rings. The molecule has 0 aromatic carbocycles. The fourth-order valence-corrected chi connectivity index (χ4v) is 2.52. The molecule has 0 radical (unpaired) electrons. The summed E-state index contributed by atoms with van der Waals surface area (Å²) in [5.74, 6) is 0.612. The van der Waals surface area contributed by atoms with Crippen LogP contribution in [-0.4, -0.2) is 11.7 Å². The maximum atomic E-state index is 5.15. The fourth-order valence-electron chi connectivity index (χ4n) is 0.973. The first kappa shape index (κ1) is 12.9. The molecule has 2 N–H and O–H groups in total. The molecule has 84 valence electrons. The van der Waals surface area contributed by atoms with Crippen LogP contribution in [0, 0.1) is 5.92 Å². The van der Waals surface area contributed by atoms with Crippen molar-refractivity contribution in [2.24, 2.45) is 5.92 Å². The predicted molar refractivity (Wildman–Crippen MR) is 74.3 cm³/mol. The van der Waals surface area contributed by atoms with E-state index in [4.69, 9.17) is 12.2 Å². The molecule has 1 heterocycles. The molecule has 5 heteroatoms. The molecular weight excluding hydrogens is 292 g/mol. The monoisotopic (exact) mass is 306 g/mol. The first-order valence-corrected chi connectivity index (χ1v) is 6.90. The first-order valence-electron chi connectivity index (χ1n) is 4.82. The molecule has 0 bridgehead atoms. The van der Waals surface area contributed by atoms with Crippen LogP contribution < -0.4 is 10.6 Å². The van der Waals surface area contributed by atoms with Gasteiger partial charge in [0.25, 0.3) is 0 Å². The van der Waals surface area contributed by atoms with E-state index < -0.39 is 0 Å². The zero-order chi connectivity index (χ0) is 11.3. The van der Waals surface area contributed by atoms with Crippen molar-refractivity contribution in [2.75, 3.05) is 6.54 Å². The van der Waals surface area contributed by atoms with Gasteiger partial charge in [0.2, 0.25) is 0 Å². The Morgan fingerprint density at radius 1 is 1.53 bits per heavy atom. The first-order chi connectivity index (χ1) is 7.08. The molecule has 0 aliphatic heterocycles. The molecule has 0 spiro atoms. The maximum absolute atomic E-state index is 5.15. The molecule has 0 atom stereocenters. The maximum Gasteiger partial charge on any atom is 0.166 e. The minimum absolute atomic E-state index is 0.612. The molecule has 0 aliphatic carbocycles. The van der Waals surface area contributed by atoms with Gasteiger partial charge in [0.05, 0.1) is 6.54 Å². The number of hydrogen-bond acceptors (Lipinski definition) is 2. The minimum atomic E-state index is 0.612. The van der Waals surface area contributed by atoms with Crippen LogP contribution in [0.5, 0.6) is 0 Å². The van der Waals surface area contributed by atoms with Crippen LogP contribution in [0.4, 0.5) is 0 Å². The molecule has 1 aromatic rings. The number of halogens is 1. The Kier molecular flexibility index (Phi) is 5.56. The Balaban J connectivity index is 2.22. The summed E-state index contributed by atoms with van der Waals surface area (Å²) in [5.41, 5.74) is 0. The lowest BCUT2D eigenvalue weighted by Gasteiger charge is -2.11. The van der Waals surface area contributed by atoms with Crippen LogP contribution in [0.25, 0.3) is 0 Å². The Labute approximate surface area is 109 Å². The van der Waals surface area contributed by atoms with Gasteiger partial charge in [-0.25, -0.2) is 0 Å². The lowest BCUT2D eigenvalue weighted by atomic mass is 10.2. The van der Waals surface area contributed by atoms with Gasteiger partial charge in [-0.1, -0.05) is 13.8 Å². The molecule has 0 saturated heterocycles. The molecule has 0 fully saturated rings. The van der Waals surface area contributed by atoms with Crippen LogP contribution in [0.15, 0.2) is 15.9 Å².